The van der Waals surface area contributed by atoms with Crippen LogP contribution < -0.4 is 5.73 Å². The minimum Gasteiger partial charge on any atom is -0.370 e. The molecule has 0 aromatic heterocycles. The summed E-state index contributed by atoms with van der Waals surface area (Å²) in [4.78, 5) is 21.8. The molecule has 0 unspecified atom stereocenters. The molecular weight excluding hydrogens is 202 g/mol. The lowest BCUT2D eigenvalue weighted by molar-refractivity contribution is -0.122. The lowest BCUT2D eigenvalue weighted by Gasteiger charge is -2.03. The third-order valence-electron chi connectivity index (χ3n) is 2.74. The number of nitrogens with two attached hydrogens (primary N) is 1. The van der Waals surface area contributed by atoms with Crippen LogP contribution >= 0.6 is 0 Å². The normalized spacial score (nSPS) is 10.7. The van der Waals surface area contributed by atoms with E-state index in [0.717, 1.165) is 44.9 Å². The number of Topliss-reactive ketones (excluding diaryl/α,β-unsaturated/α-hetero) is 1. The predicted molar refractivity (Wildman–Crippen MR) is 66.0 cm³/mol. The first-order valence-corrected chi connectivity index (χ1v) is 6.35. The molecule has 1 amide bonds. The van der Waals surface area contributed by atoms with E-state index in [1.807, 2.05) is 13.8 Å². The summed E-state index contributed by atoms with van der Waals surface area (Å²) >= 11 is 0. The third-order valence-corrected chi connectivity index (χ3v) is 2.74. The van der Waals surface area contributed by atoms with Gasteiger partial charge in [0.2, 0.25) is 5.91 Å². The van der Waals surface area contributed by atoms with E-state index in [9.17, 15) is 9.59 Å². The largest absolute Gasteiger partial charge is 0.370 e. The van der Waals surface area contributed by atoms with Gasteiger partial charge in [0, 0.05) is 18.8 Å². The van der Waals surface area contributed by atoms with E-state index in [2.05, 4.69) is 0 Å². The van der Waals surface area contributed by atoms with Crippen molar-refractivity contribution < 1.29 is 9.59 Å². The summed E-state index contributed by atoms with van der Waals surface area (Å²) in [5.74, 6) is 0.340. The maximum Gasteiger partial charge on any atom is 0.217 e. The molecule has 0 aliphatic carbocycles. The summed E-state index contributed by atoms with van der Waals surface area (Å²) in [6.45, 7) is 3.90. The molecule has 0 aromatic rings. The highest BCUT2D eigenvalue weighted by Crippen LogP contribution is 2.10. The van der Waals surface area contributed by atoms with Crippen molar-refractivity contribution in [1.82, 2.24) is 0 Å². The molecule has 0 aromatic carbocycles. The Kier molecular flexibility index (Phi) is 8.87. The third kappa shape index (κ3) is 9.69. The summed E-state index contributed by atoms with van der Waals surface area (Å²) in [6, 6.07) is 0. The van der Waals surface area contributed by atoms with Crippen LogP contribution in [0.2, 0.25) is 0 Å². The van der Waals surface area contributed by atoms with Crippen LogP contribution in [0.1, 0.15) is 65.2 Å². The number of primary amides is 1. The Morgan fingerprint density at radius 1 is 0.875 bits per heavy atom. The van der Waals surface area contributed by atoms with Gasteiger partial charge in [-0.3, -0.25) is 9.59 Å². The minimum atomic E-state index is -0.206. The van der Waals surface area contributed by atoms with E-state index < -0.39 is 0 Å². The summed E-state index contributed by atoms with van der Waals surface area (Å²) in [5.41, 5.74) is 5.04. The number of hydrogen-bond donors (Lipinski definition) is 1. The van der Waals surface area contributed by atoms with Gasteiger partial charge < -0.3 is 5.73 Å². The first-order valence-electron chi connectivity index (χ1n) is 6.35. The maximum absolute atomic E-state index is 11.3. The summed E-state index contributed by atoms with van der Waals surface area (Å²) in [6.07, 6.45) is 7.63. The van der Waals surface area contributed by atoms with Gasteiger partial charge in [-0.15, -0.1) is 0 Å². The average Bonchev–Trinajstić information content (AvgIpc) is 2.21. The number of ketones is 1. The van der Waals surface area contributed by atoms with Crippen LogP contribution in [-0.4, -0.2) is 11.7 Å². The Labute approximate surface area is 98.8 Å². The van der Waals surface area contributed by atoms with Gasteiger partial charge in [0.05, 0.1) is 0 Å². The molecule has 0 radical (unpaired) electrons. The van der Waals surface area contributed by atoms with Crippen molar-refractivity contribution in [3.05, 3.63) is 0 Å². The molecule has 3 heteroatoms. The van der Waals surface area contributed by atoms with Gasteiger partial charge in [-0.05, 0) is 12.8 Å². The van der Waals surface area contributed by atoms with E-state index in [0.29, 0.717) is 12.2 Å². The molecule has 94 valence electrons. The van der Waals surface area contributed by atoms with Crippen LogP contribution in [-0.2, 0) is 9.59 Å². The number of amides is 1. The van der Waals surface area contributed by atoms with Gasteiger partial charge in [0.25, 0.3) is 0 Å². The minimum absolute atomic E-state index is 0.176. The van der Waals surface area contributed by atoms with Crippen LogP contribution in [0.3, 0.4) is 0 Å². The molecule has 3 nitrogen and oxygen atoms in total. The second kappa shape index (κ2) is 9.37. The van der Waals surface area contributed by atoms with Gasteiger partial charge in [-0.2, -0.15) is 0 Å². The van der Waals surface area contributed by atoms with Crippen LogP contribution in [0.25, 0.3) is 0 Å². The second-order valence-corrected chi connectivity index (χ2v) is 4.71. The van der Waals surface area contributed by atoms with Gasteiger partial charge in [0.1, 0.15) is 5.78 Å². The van der Waals surface area contributed by atoms with Crippen LogP contribution in [0.5, 0.6) is 0 Å². The zero-order valence-electron chi connectivity index (χ0n) is 10.6. The summed E-state index contributed by atoms with van der Waals surface area (Å²) < 4.78 is 0. The zero-order chi connectivity index (χ0) is 12.4. The van der Waals surface area contributed by atoms with E-state index in [1.54, 1.807) is 0 Å². The van der Waals surface area contributed by atoms with Crippen molar-refractivity contribution in [3.8, 4) is 0 Å². The highest BCUT2D eigenvalue weighted by Gasteiger charge is 2.05. The summed E-state index contributed by atoms with van der Waals surface area (Å²) in [5, 5.41) is 0. The quantitative estimate of drug-likeness (QED) is 0.583. The van der Waals surface area contributed by atoms with Crippen molar-refractivity contribution in [1.29, 1.82) is 0 Å². The predicted octanol–water partition coefficient (Wildman–Crippen LogP) is 2.82. The fourth-order valence-electron chi connectivity index (χ4n) is 1.59. The highest BCUT2D eigenvalue weighted by molar-refractivity contribution is 5.80. The number of carbonyl (C=O) groups excluding carboxylic acids is 2. The van der Waals surface area contributed by atoms with Crippen LogP contribution in [0.15, 0.2) is 0 Å². The average molecular weight is 227 g/mol. The molecule has 0 heterocycles. The van der Waals surface area contributed by atoms with Crippen molar-refractivity contribution in [2.24, 2.45) is 11.7 Å². The van der Waals surface area contributed by atoms with E-state index >= 15 is 0 Å². The second-order valence-electron chi connectivity index (χ2n) is 4.71. The van der Waals surface area contributed by atoms with Crippen molar-refractivity contribution in [3.63, 3.8) is 0 Å². The Morgan fingerprint density at radius 2 is 1.31 bits per heavy atom. The molecule has 0 fully saturated rings. The molecule has 0 spiro atoms. The zero-order valence-corrected chi connectivity index (χ0v) is 10.6. The van der Waals surface area contributed by atoms with Crippen molar-refractivity contribution in [2.45, 2.75) is 65.2 Å². The van der Waals surface area contributed by atoms with Crippen LogP contribution in [0, 0.1) is 5.92 Å². The van der Waals surface area contributed by atoms with Crippen LogP contribution in [0.4, 0.5) is 0 Å². The lowest BCUT2D eigenvalue weighted by atomic mass is 10.0. The maximum atomic E-state index is 11.3. The molecular formula is C13H25NO2. The molecule has 0 aliphatic heterocycles. The molecule has 0 saturated heterocycles. The van der Waals surface area contributed by atoms with Crippen molar-refractivity contribution in [2.75, 3.05) is 0 Å². The monoisotopic (exact) mass is 227 g/mol. The number of unbranched alkanes of at least 4 members (excludes halogenated alkanes) is 5. The molecule has 0 atom stereocenters. The fraction of sp³-hybridized carbons (Fsp3) is 0.846. The first-order chi connectivity index (χ1) is 7.54. The molecule has 0 saturated carbocycles. The van der Waals surface area contributed by atoms with E-state index in [1.165, 1.54) is 0 Å². The highest BCUT2D eigenvalue weighted by atomic mass is 16.1. The van der Waals surface area contributed by atoms with E-state index in [-0.39, 0.29) is 11.8 Å². The number of carbonyl (C=O) groups is 2. The fourth-order valence-corrected chi connectivity index (χ4v) is 1.59. The smallest absolute Gasteiger partial charge is 0.217 e. The Hall–Kier alpha value is -0.860. The Balaban J connectivity index is 3.16. The van der Waals surface area contributed by atoms with Gasteiger partial charge in [-0.25, -0.2) is 0 Å². The first kappa shape index (κ1) is 15.1. The Morgan fingerprint density at radius 3 is 1.75 bits per heavy atom. The molecule has 0 bridgehead atoms. The standard InChI is InChI=1S/C13H25NO2/c1-11(2)12(15)9-7-5-3-4-6-8-10-13(14)16/h11H,3-10H2,1-2H3,(H2,14,16). The van der Waals surface area contributed by atoms with Gasteiger partial charge in [-0.1, -0.05) is 39.5 Å². The SMILES string of the molecule is CC(C)C(=O)CCCCCCCCC(N)=O. The Bertz CT molecular complexity index is 212. The number of hydrogen-bond acceptors (Lipinski definition) is 2. The molecule has 0 aliphatic rings. The number of rotatable bonds is 10. The topological polar surface area (TPSA) is 60.2 Å². The molecule has 16 heavy (non-hydrogen) atoms. The molecule has 0 rings (SSSR count). The van der Waals surface area contributed by atoms with Gasteiger partial charge in [0.15, 0.2) is 0 Å². The van der Waals surface area contributed by atoms with Crippen molar-refractivity contribution >= 4 is 11.7 Å². The summed E-state index contributed by atoms with van der Waals surface area (Å²) in [7, 11) is 0. The van der Waals surface area contributed by atoms with E-state index in [4.69, 9.17) is 5.73 Å². The lowest BCUT2D eigenvalue weighted by Crippen LogP contribution is -2.09. The van der Waals surface area contributed by atoms with Gasteiger partial charge >= 0.3 is 0 Å². The molecule has 2 N–H and O–H groups in total.